The lowest BCUT2D eigenvalue weighted by molar-refractivity contribution is -0.201. The molecule has 30 heavy (non-hydrogen) atoms. The van der Waals surface area contributed by atoms with Crippen molar-refractivity contribution in [1.82, 2.24) is 0 Å². The number of fused-ring (bicyclic) bond motifs is 7. The lowest BCUT2D eigenvalue weighted by Gasteiger charge is -2.68. The molecule has 2 nitrogen and oxygen atoms in total. The first-order valence-corrected chi connectivity index (χ1v) is 13.5. The van der Waals surface area contributed by atoms with Crippen LogP contribution in [0.3, 0.4) is 0 Å². The Kier molecular flexibility index (Phi) is 5.23. The second-order valence-corrected chi connectivity index (χ2v) is 13.6. The molecule has 0 radical (unpaired) electrons. The number of aliphatic hydroxyl groups is 2. The van der Waals surface area contributed by atoms with Gasteiger partial charge >= 0.3 is 0 Å². The molecule has 0 aromatic carbocycles. The van der Waals surface area contributed by atoms with E-state index < -0.39 is 0 Å². The third-order valence-corrected chi connectivity index (χ3v) is 12.5. The summed E-state index contributed by atoms with van der Waals surface area (Å²) in [6, 6.07) is 0. The third kappa shape index (κ3) is 2.74. The molecule has 0 aliphatic heterocycles. The van der Waals surface area contributed by atoms with E-state index in [-0.39, 0.29) is 11.5 Å². The SMILES string of the molecule is CC(C)[C@@H]1CC[C@]2(CO)CC[C@@H]3[C@H](CC[C@H]4[C@@]5(C)CC[C@@H](O)[C@H](C)[C@H]5CC[C@]43C)[C@H]12. The number of hydrogen-bond acceptors (Lipinski definition) is 2. The Morgan fingerprint density at radius 2 is 1.47 bits per heavy atom. The monoisotopic (exact) mass is 416 g/mol. The van der Waals surface area contributed by atoms with Crippen LogP contribution in [0.15, 0.2) is 0 Å². The lowest BCUT2D eigenvalue weighted by Crippen LogP contribution is -2.61. The van der Waals surface area contributed by atoms with E-state index in [0.717, 1.165) is 41.9 Å². The molecule has 0 amide bonds. The number of rotatable bonds is 2. The molecular formula is C28H48O2. The van der Waals surface area contributed by atoms with Crippen LogP contribution in [0.1, 0.15) is 98.8 Å². The molecule has 0 unspecified atom stereocenters. The predicted octanol–water partition coefficient (Wildman–Crippen LogP) is 6.30. The minimum Gasteiger partial charge on any atom is -0.396 e. The van der Waals surface area contributed by atoms with Crippen LogP contribution in [0.25, 0.3) is 0 Å². The van der Waals surface area contributed by atoms with Gasteiger partial charge in [0.2, 0.25) is 0 Å². The molecule has 2 N–H and O–H groups in total. The smallest absolute Gasteiger partial charge is 0.0568 e. The summed E-state index contributed by atoms with van der Waals surface area (Å²) in [6.07, 6.45) is 12.9. The van der Waals surface area contributed by atoms with Crippen LogP contribution in [0.5, 0.6) is 0 Å². The zero-order valence-corrected chi connectivity index (χ0v) is 20.4. The molecule has 11 atom stereocenters. The zero-order valence-electron chi connectivity index (χ0n) is 20.4. The van der Waals surface area contributed by atoms with E-state index >= 15 is 0 Å². The maximum absolute atomic E-state index is 10.6. The maximum Gasteiger partial charge on any atom is 0.0568 e. The number of aliphatic hydroxyl groups excluding tert-OH is 2. The van der Waals surface area contributed by atoms with Gasteiger partial charge in [-0.2, -0.15) is 0 Å². The summed E-state index contributed by atoms with van der Waals surface area (Å²) in [5, 5.41) is 21.2. The van der Waals surface area contributed by atoms with E-state index in [1.165, 1.54) is 57.8 Å². The van der Waals surface area contributed by atoms with Crippen molar-refractivity contribution in [2.45, 2.75) is 105 Å². The molecule has 2 heteroatoms. The second kappa shape index (κ2) is 7.21. The van der Waals surface area contributed by atoms with Gasteiger partial charge in [-0.25, -0.2) is 0 Å². The van der Waals surface area contributed by atoms with E-state index in [1.807, 2.05) is 0 Å². The highest BCUT2D eigenvalue weighted by atomic mass is 16.3. The Morgan fingerprint density at radius 1 is 0.833 bits per heavy atom. The summed E-state index contributed by atoms with van der Waals surface area (Å²) in [7, 11) is 0. The van der Waals surface area contributed by atoms with Crippen molar-refractivity contribution >= 4 is 0 Å². The average molecular weight is 417 g/mol. The van der Waals surface area contributed by atoms with Gasteiger partial charge in [-0.3, -0.25) is 0 Å². The Bertz CT molecular complexity index is 659. The van der Waals surface area contributed by atoms with Crippen molar-refractivity contribution in [2.24, 2.45) is 63.6 Å². The first-order valence-electron chi connectivity index (χ1n) is 13.5. The molecule has 5 aliphatic rings. The molecule has 0 bridgehead atoms. The van der Waals surface area contributed by atoms with Crippen molar-refractivity contribution in [2.75, 3.05) is 6.61 Å². The van der Waals surface area contributed by atoms with Gasteiger partial charge in [0.1, 0.15) is 0 Å². The van der Waals surface area contributed by atoms with E-state index in [1.54, 1.807) is 0 Å². The fourth-order valence-electron chi connectivity index (χ4n) is 11.1. The maximum atomic E-state index is 10.6. The highest BCUT2D eigenvalue weighted by molar-refractivity contribution is 5.14. The van der Waals surface area contributed by atoms with Crippen LogP contribution in [-0.4, -0.2) is 22.9 Å². The largest absolute Gasteiger partial charge is 0.396 e. The van der Waals surface area contributed by atoms with E-state index in [9.17, 15) is 10.2 Å². The summed E-state index contributed by atoms with van der Waals surface area (Å²) in [6.45, 7) is 13.0. The summed E-state index contributed by atoms with van der Waals surface area (Å²) >= 11 is 0. The molecule has 0 saturated heterocycles. The van der Waals surface area contributed by atoms with Gasteiger partial charge < -0.3 is 10.2 Å². The summed E-state index contributed by atoms with van der Waals surface area (Å²) < 4.78 is 0. The Labute approximate surface area is 185 Å². The molecule has 0 aromatic rings. The molecule has 172 valence electrons. The van der Waals surface area contributed by atoms with Crippen LogP contribution in [0.2, 0.25) is 0 Å². The van der Waals surface area contributed by atoms with Crippen molar-refractivity contribution in [3.8, 4) is 0 Å². The quantitative estimate of drug-likeness (QED) is 0.555. The van der Waals surface area contributed by atoms with Gasteiger partial charge in [-0.05, 0) is 128 Å². The highest BCUT2D eigenvalue weighted by Gasteiger charge is 2.65. The van der Waals surface area contributed by atoms with Gasteiger partial charge in [0, 0.05) is 6.61 Å². The van der Waals surface area contributed by atoms with Gasteiger partial charge in [0.25, 0.3) is 0 Å². The summed E-state index contributed by atoms with van der Waals surface area (Å²) in [4.78, 5) is 0. The Balaban J connectivity index is 1.48. The van der Waals surface area contributed by atoms with Crippen LogP contribution >= 0.6 is 0 Å². The summed E-state index contributed by atoms with van der Waals surface area (Å²) in [5.74, 6) is 6.06. The zero-order chi connectivity index (χ0) is 21.5. The van der Waals surface area contributed by atoms with Crippen LogP contribution in [-0.2, 0) is 0 Å². The average Bonchev–Trinajstić information content (AvgIpc) is 3.12. The van der Waals surface area contributed by atoms with Crippen molar-refractivity contribution in [1.29, 1.82) is 0 Å². The highest BCUT2D eigenvalue weighted by Crippen LogP contribution is 2.72. The third-order valence-electron chi connectivity index (χ3n) is 12.5. The summed E-state index contributed by atoms with van der Waals surface area (Å²) in [5.41, 5.74) is 1.14. The second-order valence-electron chi connectivity index (χ2n) is 13.6. The lowest BCUT2D eigenvalue weighted by atomic mass is 9.37. The molecule has 5 saturated carbocycles. The van der Waals surface area contributed by atoms with Crippen LogP contribution in [0.4, 0.5) is 0 Å². The fraction of sp³-hybridized carbons (Fsp3) is 1.00. The molecular weight excluding hydrogens is 368 g/mol. The van der Waals surface area contributed by atoms with E-state index in [4.69, 9.17) is 0 Å². The van der Waals surface area contributed by atoms with Crippen LogP contribution < -0.4 is 0 Å². The minimum atomic E-state index is -0.0751. The van der Waals surface area contributed by atoms with Crippen molar-refractivity contribution < 1.29 is 10.2 Å². The normalized spacial score (nSPS) is 58.0. The van der Waals surface area contributed by atoms with Crippen molar-refractivity contribution in [3.63, 3.8) is 0 Å². The van der Waals surface area contributed by atoms with Crippen LogP contribution in [0, 0.1) is 63.6 Å². The Hall–Kier alpha value is -0.0800. The van der Waals surface area contributed by atoms with Gasteiger partial charge in [-0.1, -0.05) is 34.6 Å². The first-order chi connectivity index (χ1) is 14.2. The molecule has 0 heterocycles. The molecule has 0 spiro atoms. The predicted molar refractivity (Wildman–Crippen MR) is 123 cm³/mol. The van der Waals surface area contributed by atoms with E-state index in [2.05, 4.69) is 34.6 Å². The van der Waals surface area contributed by atoms with Gasteiger partial charge in [-0.15, -0.1) is 0 Å². The molecule has 0 aromatic heterocycles. The fourth-order valence-corrected chi connectivity index (χ4v) is 11.1. The van der Waals surface area contributed by atoms with Gasteiger partial charge in [0.05, 0.1) is 6.10 Å². The topological polar surface area (TPSA) is 40.5 Å². The molecule has 5 fully saturated rings. The minimum absolute atomic E-state index is 0.0751. The van der Waals surface area contributed by atoms with Crippen molar-refractivity contribution in [3.05, 3.63) is 0 Å². The standard InChI is InChI=1S/C28H48O2/c1-17(2)19-8-14-28(16-29)15-10-22-20(25(19)28)6-7-24-26(4)13-11-23(30)18(3)21(26)9-12-27(22,24)5/h17-25,29-30H,6-16H2,1-5H3/t18-,19+,20+,21-,22-,23-,24+,25+,26+,27+,28-/m1/s1. The first kappa shape index (κ1) is 21.7. The number of hydrogen-bond donors (Lipinski definition) is 2. The Morgan fingerprint density at radius 3 is 2.17 bits per heavy atom. The molecule has 5 rings (SSSR count). The molecule has 5 aliphatic carbocycles. The van der Waals surface area contributed by atoms with Gasteiger partial charge in [0.15, 0.2) is 0 Å². The van der Waals surface area contributed by atoms with E-state index in [0.29, 0.717) is 29.3 Å².